The molecule has 0 heterocycles. The maximum atomic E-state index is 10.0. The average molecular weight is 177 g/mol. The number of hydrazine groups is 1. The summed E-state index contributed by atoms with van der Waals surface area (Å²) in [5.74, 6) is 0. The van der Waals surface area contributed by atoms with Crippen molar-refractivity contribution in [3.05, 3.63) is 10.1 Å². The molecule has 0 rings (SSSR count). The Hall–Kier alpha value is -1.37. The minimum absolute atomic E-state index is 0.354. The second-order valence-electron chi connectivity index (χ2n) is 2.93. The molecular weight excluding hydrogens is 166 g/mol. The molecule has 0 radical (unpaired) electrons. The van der Waals surface area contributed by atoms with Crippen molar-refractivity contribution in [1.82, 2.24) is 10.9 Å². The highest BCUT2D eigenvalue weighted by Crippen LogP contribution is 1.99. The van der Waals surface area contributed by atoms with E-state index in [1.807, 2.05) is 5.43 Å². The fourth-order valence-corrected chi connectivity index (χ4v) is 0.585. The lowest BCUT2D eigenvalue weighted by atomic mass is 10.1. The minimum atomic E-state index is -1.27. The molecule has 0 atom stereocenters. The molecule has 1 amide bonds. The quantitative estimate of drug-likeness (QED) is 0.408. The molecule has 0 fully saturated rings. The molecule has 3 N–H and O–H groups in total. The third-order valence-electron chi connectivity index (χ3n) is 1.03. The van der Waals surface area contributed by atoms with Crippen molar-refractivity contribution >= 4 is 6.09 Å². The first kappa shape index (κ1) is 10.6. The van der Waals surface area contributed by atoms with E-state index in [0.717, 1.165) is 0 Å². The van der Waals surface area contributed by atoms with E-state index in [4.69, 9.17) is 5.11 Å². The van der Waals surface area contributed by atoms with Crippen LogP contribution in [0.3, 0.4) is 0 Å². The van der Waals surface area contributed by atoms with Crippen LogP contribution in [0.2, 0.25) is 0 Å². The fourth-order valence-electron chi connectivity index (χ4n) is 0.585. The number of carboxylic acid groups (broad SMARTS) is 1. The third-order valence-corrected chi connectivity index (χ3v) is 1.03. The SMILES string of the molecule is CC(C)(C[N+](=O)[O-])NNC(=O)O. The molecule has 0 bridgehead atoms. The van der Waals surface area contributed by atoms with Crippen molar-refractivity contribution in [2.75, 3.05) is 6.54 Å². The molecule has 7 heteroatoms. The number of nitro groups is 1. The van der Waals surface area contributed by atoms with Crippen molar-refractivity contribution in [2.45, 2.75) is 19.4 Å². The largest absolute Gasteiger partial charge is 0.464 e. The molecule has 0 aliphatic carbocycles. The van der Waals surface area contributed by atoms with Gasteiger partial charge in [-0.05, 0) is 13.8 Å². The van der Waals surface area contributed by atoms with E-state index < -0.39 is 16.6 Å². The molecule has 0 aromatic heterocycles. The van der Waals surface area contributed by atoms with E-state index >= 15 is 0 Å². The Morgan fingerprint density at radius 2 is 2.17 bits per heavy atom. The fraction of sp³-hybridized carbons (Fsp3) is 0.800. The zero-order valence-electron chi connectivity index (χ0n) is 6.83. The van der Waals surface area contributed by atoms with Crippen LogP contribution < -0.4 is 10.9 Å². The van der Waals surface area contributed by atoms with Crippen LogP contribution in [0.1, 0.15) is 13.8 Å². The highest BCUT2D eigenvalue weighted by Gasteiger charge is 2.24. The van der Waals surface area contributed by atoms with E-state index in [9.17, 15) is 14.9 Å². The van der Waals surface area contributed by atoms with Gasteiger partial charge >= 0.3 is 6.09 Å². The van der Waals surface area contributed by atoms with Crippen LogP contribution in [0.25, 0.3) is 0 Å². The summed E-state index contributed by atoms with van der Waals surface area (Å²) in [5.41, 5.74) is 3.26. The Bertz CT molecular complexity index is 191. The summed E-state index contributed by atoms with van der Waals surface area (Å²) in [6.07, 6.45) is -1.27. The second-order valence-corrected chi connectivity index (χ2v) is 2.93. The topological polar surface area (TPSA) is 105 Å². The Morgan fingerprint density at radius 3 is 2.50 bits per heavy atom. The van der Waals surface area contributed by atoms with Crippen LogP contribution in [0.4, 0.5) is 4.79 Å². The summed E-state index contributed by atoms with van der Waals surface area (Å²) in [4.78, 5) is 19.5. The molecule has 0 unspecified atom stereocenters. The van der Waals surface area contributed by atoms with Crippen molar-refractivity contribution in [3.63, 3.8) is 0 Å². The average Bonchev–Trinajstić information content (AvgIpc) is 1.81. The van der Waals surface area contributed by atoms with E-state index in [1.165, 1.54) is 13.8 Å². The smallest absolute Gasteiger partial charge is 0.419 e. The number of amides is 1. The van der Waals surface area contributed by atoms with Crippen LogP contribution >= 0.6 is 0 Å². The maximum absolute atomic E-state index is 10.0. The Kier molecular flexibility index (Phi) is 3.42. The Morgan fingerprint density at radius 1 is 1.67 bits per heavy atom. The molecule has 0 saturated heterocycles. The highest BCUT2D eigenvalue weighted by atomic mass is 16.6. The monoisotopic (exact) mass is 177 g/mol. The zero-order chi connectivity index (χ0) is 9.78. The van der Waals surface area contributed by atoms with Gasteiger partial charge in [-0.3, -0.25) is 15.5 Å². The first-order valence-corrected chi connectivity index (χ1v) is 3.21. The van der Waals surface area contributed by atoms with E-state index in [1.54, 1.807) is 0 Å². The molecule has 12 heavy (non-hydrogen) atoms. The number of hydrogen-bond donors (Lipinski definition) is 3. The third kappa shape index (κ3) is 5.42. The Labute approximate surface area is 68.9 Å². The van der Waals surface area contributed by atoms with Crippen LogP contribution in [0.5, 0.6) is 0 Å². The number of carbonyl (C=O) groups is 1. The summed E-state index contributed by atoms with van der Waals surface area (Å²) in [7, 11) is 0. The highest BCUT2D eigenvalue weighted by molar-refractivity contribution is 5.63. The van der Waals surface area contributed by atoms with Crippen LogP contribution in [-0.2, 0) is 0 Å². The van der Waals surface area contributed by atoms with Gasteiger partial charge in [0.1, 0.15) is 0 Å². The van der Waals surface area contributed by atoms with Gasteiger partial charge in [-0.2, -0.15) is 0 Å². The second kappa shape index (κ2) is 3.86. The van der Waals surface area contributed by atoms with Gasteiger partial charge < -0.3 is 5.11 Å². The van der Waals surface area contributed by atoms with Crippen LogP contribution in [0.15, 0.2) is 0 Å². The number of hydrogen-bond acceptors (Lipinski definition) is 4. The lowest BCUT2D eigenvalue weighted by molar-refractivity contribution is -0.489. The molecule has 7 nitrogen and oxygen atoms in total. The van der Waals surface area contributed by atoms with E-state index in [-0.39, 0.29) is 6.54 Å². The van der Waals surface area contributed by atoms with Gasteiger partial charge in [-0.25, -0.2) is 10.2 Å². The minimum Gasteiger partial charge on any atom is -0.464 e. The van der Waals surface area contributed by atoms with Crippen molar-refractivity contribution < 1.29 is 14.8 Å². The van der Waals surface area contributed by atoms with Gasteiger partial charge in [0.2, 0.25) is 6.54 Å². The standard InChI is InChI=1S/C5H11N3O4/c1-5(2,3-8(11)12)7-6-4(9)10/h6-7H,3H2,1-2H3,(H,9,10). The summed E-state index contributed by atoms with van der Waals surface area (Å²) in [5, 5.41) is 18.2. The molecule has 70 valence electrons. The van der Waals surface area contributed by atoms with Crippen molar-refractivity contribution in [1.29, 1.82) is 0 Å². The van der Waals surface area contributed by atoms with Crippen LogP contribution in [-0.4, -0.2) is 28.2 Å². The van der Waals surface area contributed by atoms with Gasteiger partial charge in [0.25, 0.3) is 0 Å². The van der Waals surface area contributed by atoms with Gasteiger partial charge in [0.15, 0.2) is 0 Å². The molecule has 0 spiro atoms. The summed E-state index contributed by atoms with van der Waals surface area (Å²) in [6, 6.07) is 0. The van der Waals surface area contributed by atoms with Gasteiger partial charge in [0, 0.05) is 4.92 Å². The van der Waals surface area contributed by atoms with E-state index in [2.05, 4.69) is 5.43 Å². The predicted molar refractivity (Wildman–Crippen MR) is 40.2 cm³/mol. The summed E-state index contributed by atoms with van der Waals surface area (Å²) < 4.78 is 0. The van der Waals surface area contributed by atoms with Gasteiger partial charge in [0.05, 0.1) is 5.54 Å². The molecule has 0 aromatic carbocycles. The molecule has 0 saturated carbocycles. The maximum Gasteiger partial charge on any atom is 0.419 e. The molecular formula is C5H11N3O4. The first-order chi connectivity index (χ1) is 5.33. The summed E-state index contributed by atoms with van der Waals surface area (Å²) in [6.45, 7) is 2.69. The number of nitrogens with one attached hydrogen (secondary N) is 2. The summed E-state index contributed by atoms with van der Waals surface area (Å²) >= 11 is 0. The van der Waals surface area contributed by atoms with Crippen molar-refractivity contribution in [2.24, 2.45) is 0 Å². The normalized spacial score (nSPS) is 10.8. The van der Waals surface area contributed by atoms with Gasteiger partial charge in [-0.1, -0.05) is 0 Å². The van der Waals surface area contributed by atoms with Gasteiger partial charge in [-0.15, -0.1) is 0 Å². The predicted octanol–water partition coefficient (Wildman–Crippen LogP) is -0.186. The van der Waals surface area contributed by atoms with Crippen molar-refractivity contribution in [3.8, 4) is 0 Å². The zero-order valence-corrected chi connectivity index (χ0v) is 6.83. The lowest BCUT2D eigenvalue weighted by Crippen LogP contribution is -2.53. The molecule has 0 aliphatic heterocycles. The lowest BCUT2D eigenvalue weighted by Gasteiger charge is -2.20. The molecule has 0 aliphatic rings. The Balaban J connectivity index is 3.86. The number of nitrogens with zero attached hydrogens (tertiary/aromatic N) is 1. The molecule has 0 aromatic rings. The number of rotatable bonds is 4. The first-order valence-electron chi connectivity index (χ1n) is 3.21. The van der Waals surface area contributed by atoms with Crippen LogP contribution in [0, 0.1) is 10.1 Å². The van der Waals surface area contributed by atoms with E-state index in [0.29, 0.717) is 0 Å².